The average Bonchev–Trinajstić information content (AvgIpc) is 3.25. The molecule has 0 fully saturated rings. The van der Waals surface area contributed by atoms with Crippen LogP contribution in [0.1, 0.15) is 38.4 Å². The second-order valence-corrected chi connectivity index (χ2v) is 9.95. The largest absolute Gasteiger partial charge is 0.247 e. The molecule has 0 aliphatic heterocycles. The van der Waals surface area contributed by atoms with Crippen LogP contribution in [0.4, 0.5) is 0 Å². The summed E-state index contributed by atoms with van der Waals surface area (Å²) in [5.41, 5.74) is 8.27. The Morgan fingerprint density at radius 2 is 1.66 bits per heavy atom. The van der Waals surface area contributed by atoms with Gasteiger partial charge in [0.15, 0.2) is 0 Å². The molecule has 0 bridgehead atoms. The normalized spacial score (nSPS) is 13.5. The second-order valence-electron chi connectivity index (χ2n) is 8.87. The molecule has 0 amide bonds. The lowest BCUT2D eigenvalue weighted by molar-refractivity contribution is 1.19. The van der Waals surface area contributed by atoms with E-state index in [1.54, 1.807) is 0 Å². The number of benzene rings is 3. The van der Waals surface area contributed by atoms with Gasteiger partial charge < -0.3 is 0 Å². The number of rotatable bonds is 6. The standard InChI is InChI=1S/C33H29NS/c1-5-11-22(3)32(27-17-16-25-12-7-8-13-26(25)21-27)23(4)20-24(6-2)29-18-19-31-33(34-29)28-14-9-10-15-30(28)35-31/h5,7-21H,1,6H2,2-4H3. The van der Waals surface area contributed by atoms with Crippen molar-refractivity contribution in [2.24, 2.45) is 0 Å². The number of allylic oxidation sites excluding steroid dienone is 7. The number of thiophene rings is 1. The van der Waals surface area contributed by atoms with Crippen molar-refractivity contribution in [1.29, 1.82) is 0 Å². The Balaban J connectivity index is 1.66. The molecule has 35 heavy (non-hydrogen) atoms. The summed E-state index contributed by atoms with van der Waals surface area (Å²) in [6.07, 6.45) is 7.18. The third-order valence-corrected chi connectivity index (χ3v) is 7.64. The molecule has 0 atom stereocenters. The molecule has 0 aliphatic rings. The van der Waals surface area contributed by atoms with Gasteiger partial charge in [-0.2, -0.15) is 0 Å². The Morgan fingerprint density at radius 1 is 0.886 bits per heavy atom. The van der Waals surface area contributed by atoms with Crippen molar-refractivity contribution in [2.45, 2.75) is 27.2 Å². The van der Waals surface area contributed by atoms with E-state index in [0.717, 1.165) is 17.6 Å². The van der Waals surface area contributed by atoms with Gasteiger partial charge in [0, 0.05) is 10.1 Å². The van der Waals surface area contributed by atoms with Gasteiger partial charge in [0.25, 0.3) is 0 Å². The Hall–Kier alpha value is -3.75. The van der Waals surface area contributed by atoms with Gasteiger partial charge in [-0.25, -0.2) is 4.98 Å². The zero-order valence-corrected chi connectivity index (χ0v) is 21.3. The maximum atomic E-state index is 5.13. The minimum absolute atomic E-state index is 0.910. The van der Waals surface area contributed by atoms with Crippen molar-refractivity contribution in [2.75, 3.05) is 0 Å². The average molecular weight is 472 g/mol. The molecule has 0 spiro atoms. The molecule has 5 rings (SSSR count). The van der Waals surface area contributed by atoms with E-state index in [1.807, 2.05) is 17.4 Å². The summed E-state index contributed by atoms with van der Waals surface area (Å²) < 4.78 is 2.52. The second kappa shape index (κ2) is 9.85. The van der Waals surface area contributed by atoms with Crippen LogP contribution in [0.15, 0.2) is 115 Å². The van der Waals surface area contributed by atoms with E-state index >= 15 is 0 Å². The Morgan fingerprint density at radius 3 is 2.46 bits per heavy atom. The van der Waals surface area contributed by atoms with E-state index in [0.29, 0.717) is 0 Å². The minimum Gasteiger partial charge on any atom is -0.247 e. The summed E-state index contributed by atoms with van der Waals surface area (Å²) in [7, 11) is 0. The van der Waals surface area contributed by atoms with Gasteiger partial charge in [0.05, 0.1) is 15.9 Å². The molecule has 5 aromatic rings. The van der Waals surface area contributed by atoms with Crippen molar-refractivity contribution >= 4 is 53.6 Å². The first-order chi connectivity index (χ1) is 17.1. The molecule has 0 N–H and O–H groups in total. The predicted molar refractivity (Wildman–Crippen MR) is 156 cm³/mol. The molecule has 172 valence electrons. The van der Waals surface area contributed by atoms with E-state index in [-0.39, 0.29) is 0 Å². The van der Waals surface area contributed by atoms with E-state index in [9.17, 15) is 0 Å². The highest BCUT2D eigenvalue weighted by Crippen LogP contribution is 2.35. The monoisotopic (exact) mass is 471 g/mol. The SMILES string of the molecule is C=CC=C(C)C(=C(C)C=C(CC)c1ccc2sc3ccccc3c2n1)c1ccc2ccccc2c1. The van der Waals surface area contributed by atoms with Crippen LogP contribution in [0.2, 0.25) is 0 Å². The lowest BCUT2D eigenvalue weighted by atomic mass is 9.91. The lowest BCUT2D eigenvalue weighted by Gasteiger charge is -2.14. The first-order valence-electron chi connectivity index (χ1n) is 12.1. The van der Waals surface area contributed by atoms with E-state index in [4.69, 9.17) is 4.98 Å². The highest BCUT2D eigenvalue weighted by molar-refractivity contribution is 7.25. The van der Waals surface area contributed by atoms with Crippen LogP contribution < -0.4 is 0 Å². The van der Waals surface area contributed by atoms with Gasteiger partial charge in [0.1, 0.15) is 0 Å². The molecule has 1 nitrogen and oxygen atoms in total. The van der Waals surface area contributed by atoms with Crippen molar-refractivity contribution < 1.29 is 0 Å². The van der Waals surface area contributed by atoms with Crippen LogP contribution in [0.5, 0.6) is 0 Å². The number of nitrogens with zero attached hydrogens (tertiary/aromatic N) is 1. The molecule has 2 aromatic heterocycles. The van der Waals surface area contributed by atoms with Gasteiger partial charge in [-0.05, 0) is 83.2 Å². The van der Waals surface area contributed by atoms with Crippen LogP contribution in [-0.2, 0) is 0 Å². The molecular weight excluding hydrogens is 442 g/mol. The molecule has 0 saturated carbocycles. The lowest BCUT2D eigenvalue weighted by Crippen LogP contribution is -1.94. The number of hydrogen-bond acceptors (Lipinski definition) is 2. The summed E-state index contributed by atoms with van der Waals surface area (Å²) in [5, 5.41) is 3.74. The van der Waals surface area contributed by atoms with Gasteiger partial charge in [0.2, 0.25) is 0 Å². The third kappa shape index (κ3) is 4.50. The molecule has 0 aliphatic carbocycles. The fraction of sp³-hybridized carbons (Fsp3) is 0.121. The number of hydrogen-bond donors (Lipinski definition) is 0. The number of pyridine rings is 1. The van der Waals surface area contributed by atoms with E-state index in [1.165, 1.54) is 53.4 Å². The van der Waals surface area contributed by atoms with Crippen LogP contribution in [0.25, 0.3) is 42.2 Å². The van der Waals surface area contributed by atoms with Crippen molar-refractivity contribution in [1.82, 2.24) is 4.98 Å². The Kier molecular flexibility index (Phi) is 6.48. The van der Waals surface area contributed by atoms with Crippen LogP contribution >= 0.6 is 11.3 Å². The molecule has 2 heteroatoms. The fourth-order valence-corrected chi connectivity index (χ4v) is 5.88. The summed E-state index contributed by atoms with van der Waals surface area (Å²) in [6.45, 7) is 10.5. The highest BCUT2D eigenvalue weighted by Gasteiger charge is 2.12. The Bertz CT molecular complexity index is 1660. The highest BCUT2D eigenvalue weighted by atomic mass is 32.1. The van der Waals surface area contributed by atoms with Crippen LogP contribution in [0.3, 0.4) is 0 Å². The summed E-state index contributed by atoms with van der Waals surface area (Å²) in [5.74, 6) is 0. The van der Waals surface area contributed by atoms with Crippen molar-refractivity contribution in [3.8, 4) is 0 Å². The molecular formula is C33H29NS. The molecule has 0 radical (unpaired) electrons. The maximum Gasteiger partial charge on any atom is 0.0895 e. The number of fused-ring (bicyclic) bond motifs is 4. The van der Waals surface area contributed by atoms with Gasteiger partial charge in [-0.15, -0.1) is 11.3 Å². The molecule has 3 aromatic carbocycles. The summed E-state index contributed by atoms with van der Waals surface area (Å²) in [4.78, 5) is 5.13. The zero-order valence-electron chi connectivity index (χ0n) is 20.5. The Labute approximate surface area is 211 Å². The maximum absolute atomic E-state index is 5.13. The third-order valence-electron chi connectivity index (χ3n) is 6.52. The summed E-state index contributed by atoms with van der Waals surface area (Å²) >= 11 is 1.81. The van der Waals surface area contributed by atoms with Crippen LogP contribution in [-0.4, -0.2) is 4.98 Å². The fourth-order valence-electron chi connectivity index (χ4n) is 4.83. The van der Waals surface area contributed by atoms with Crippen molar-refractivity contribution in [3.63, 3.8) is 0 Å². The van der Waals surface area contributed by atoms with Gasteiger partial charge >= 0.3 is 0 Å². The van der Waals surface area contributed by atoms with Gasteiger partial charge in [-0.3, -0.25) is 0 Å². The van der Waals surface area contributed by atoms with E-state index < -0.39 is 0 Å². The predicted octanol–water partition coefficient (Wildman–Crippen LogP) is 10.0. The quantitative estimate of drug-likeness (QED) is 0.224. The van der Waals surface area contributed by atoms with Crippen molar-refractivity contribution in [3.05, 3.63) is 126 Å². The summed E-state index contributed by atoms with van der Waals surface area (Å²) in [6, 6.07) is 28.2. The molecule has 0 saturated heterocycles. The zero-order chi connectivity index (χ0) is 24.4. The molecule has 2 heterocycles. The topological polar surface area (TPSA) is 12.9 Å². The number of aromatic nitrogens is 1. The van der Waals surface area contributed by atoms with Gasteiger partial charge in [-0.1, -0.05) is 86.3 Å². The molecule has 0 unspecified atom stereocenters. The van der Waals surface area contributed by atoms with Crippen LogP contribution in [0, 0.1) is 0 Å². The van der Waals surface area contributed by atoms with E-state index in [2.05, 4.69) is 118 Å². The first kappa shape index (κ1) is 23.0. The first-order valence-corrected chi connectivity index (χ1v) is 12.9. The minimum atomic E-state index is 0.910. The smallest absolute Gasteiger partial charge is 0.0895 e.